The monoisotopic (exact) mass is 337 g/mol. The summed E-state index contributed by atoms with van der Waals surface area (Å²) in [7, 11) is 1.65. The lowest BCUT2D eigenvalue weighted by atomic mass is 10.1. The highest BCUT2D eigenvalue weighted by Crippen LogP contribution is 2.25. The molecule has 0 aliphatic rings. The molecule has 0 saturated carbocycles. The molecule has 0 aliphatic heterocycles. The zero-order valence-corrected chi connectivity index (χ0v) is 14.3. The van der Waals surface area contributed by atoms with Gasteiger partial charge in [0.25, 0.3) is 0 Å². The number of aliphatic hydroxyl groups excluding tert-OH is 1. The SMILES string of the molecule is COc1ccc(CNCC(O)COc2cccc3ccccc23)cc1. The maximum Gasteiger partial charge on any atom is 0.127 e. The van der Waals surface area contributed by atoms with E-state index in [0.717, 1.165) is 27.8 Å². The van der Waals surface area contributed by atoms with Crippen LogP contribution in [0.15, 0.2) is 66.7 Å². The van der Waals surface area contributed by atoms with Gasteiger partial charge in [-0.15, -0.1) is 0 Å². The molecule has 3 aromatic rings. The molecule has 0 aliphatic carbocycles. The average Bonchev–Trinajstić information content (AvgIpc) is 2.67. The van der Waals surface area contributed by atoms with Crippen molar-refractivity contribution in [1.29, 1.82) is 0 Å². The number of hydrogen-bond donors (Lipinski definition) is 2. The molecule has 3 rings (SSSR count). The van der Waals surface area contributed by atoms with Crippen molar-refractivity contribution in [2.24, 2.45) is 0 Å². The van der Waals surface area contributed by atoms with E-state index in [0.29, 0.717) is 13.1 Å². The van der Waals surface area contributed by atoms with Crippen LogP contribution in [-0.4, -0.2) is 31.5 Å². The summed E-state index contributed by atoms with van der Waals surface area (Å²) in [5, 5.41) is 15.6. The molecule has 2 N–H and O–H groups in total. The van der Waals surface area contributed by atoms with E-state index < -0.39 is 6.10 Å². The lowest BCUT2D eigenvalue weighted by Crippen LogP contribution is -2.31. The summed E-state index contributed by atoms with van der Waals surface area (Å²) < 4.78 is 10.9. The molecule has 3 aromatic carbocycles. The van der Waals surface area contributed by atoms with Crippen molar-refractivity contribution in [1.82, 2.24) is 5.32 Å². The molecule has 1 unspecified atom stereocenters. The Morgan fingerprint density at radius 3 is 2.52 bits per heavy atom. The molecule has 4 nitrogen and oxygen atoms in total. The number of hydrogen-bond acceptors (Lipinski definition) is 4. The first-order valence-corrected chi connectivity index (χ1v) is 8.38. The minimum atomic E-state index is -0.572. The number of benzene rings is 3. The van der Waals surface area contributed by atoms with Crippen LogP contribution in [-0.2, 0) is 6.54 Å². The van der Waals surface area contributed by atoms with Crippen LogP contribution in [0.1, 0.15) is 5.56 Å². The Balaban J connectivity index is 1.46. The van der Waals surface area contributed by atoms with E-state index in [2.05, 4.69) is 17.4 Å². The number of rotatable bonds is 8. The molecular formula is C21H23NO3. The molecule has 0 bridgehead atoms. The Bertz CT molecular complexity index is 796. The van der Waals surface area contributed by atoms with Crippen molar-refractivity contribution >= 4 is 10.8 Å². The van der Waals surface area contributed by atoms with Gasteiger partial charge >= 0.3 is 0 Å². The number of aliphatic hydroxyl groups is 1. The Hall–Kier alpha value is -2.56. The molecule has 0 spiro atoms. The lowest BCUT2D eigenvalue weighted by Gasteiger charge is -2.14. The van der Waals surface area contributed by atoms with E-state index >= 15 is 0 Å². The van der Waals surface area contributed by atoms with Gasteiger partial charge in [0.05, 0.1) is 7.11 Å². The van der Waals surface area contributed by atoms with Crippen molar-refractivity contribution < 1.29 is 14.6 Å². The van der Waals surface area contributed by atoms with Gasteiger partial charge in [-0.3, -0.25) is 0 Å². The van der Waals surface area contributed by atoms with Crippen LogP contribution in [0.4, 0.5) is 0 Å². The van der Waals surface area contributed by atoms with E-state index in [1.165, 1.54) is 0 Å². The van der Waals surface area contributed by atoms with Gasteiger partial charge in [0.1, 0.15) is 24.2 Å². The van der Waals surface area contributed by atoms with Gasteiger partial charge in [-0.25, -0.2) is 0 Å². The molecule has 0 amide bonds. The number of methoxy groups -OCH3 is 1. The van der Waals surface area contributed by atoms with Crippen LogP contribution in [0, 0.1) is 0 Å². The summed E-state index contributed by atoms with van der Waals surface area (Å²) in [6.07, 6.45) is -0.572. The highest BCUT2D eigenvalue weighted by Gasteiger charge is 2.07. The number of nitrogens with one attached hydrogen (secondary N) is 1. The fourth-order valence-corrected chi connectivity index (χ4v) is 2.69. The van der Waals surface area contributed by atoms with Gasteiger partial charge < -0.3 is 19.9 Å². The molecule has 130 valence electrons. The third-order valence-electron chi connectivity index (χ3n) is 4.05. The number of ether oxygens (including phenoxy) is 2. The topological polar surface area (TPSA) is 50.7 Å². The van der Waals surface area contributed by atoms with Gasteiger partial charge in [-0.2, -0.15) is 0 Å². The van der Waals surface area contributed by atoms with Gasteiger partial charge in [0.2, 0.25) is 0 Å². The van der Waals surface area contributed by atoms with E-state index in [4.69, 9.17) is 9.47 Å². The quantitative estimate of drug-likeness (QED) is 0.662. The number of fused-ring (bicyclic) bond motifs is 1. The molecule has 0 radical (unpaired) electrons. The van der Waals surface area contributed by atoms with E-state index in [9.17, 15) is 5.11 Å². The van der Waals surface area contributed by atoms with Crippen molar-refractivity contribution in [3.63, 3.8) is 0 Å². The molecular weight excluding hydrogens is 314 g/mol. The first-order chi connectivity index (χ1) is 12.3. The Morgan fingerprint density at radius 2 is 1.72 bits per heavy atom. The second-order valence-corrected chi connectivity index (χ2v) is 5.92. The summed E-state index contributed by atoms with van der Waals surface area (Å²) in [6, 6.07) is 21.9. The zero-order chi connectivity index (χ0) is 17.5. The molecule has 4 heteroatoms. The molecule has 0 saturated heterocycles. The molecule has 0 aromatic heterocycles. The molecule has 1 atom stereocenters. The highest BCUT2D eigenvalue weighted by molar-refractivity contribution is 5.88. The van der Waals surface area contributed by atoms with Crippen LogP contribution in [0.5, 0.6) is 11.5 Å². The van der Waals surface area contributed by atoms with Crippen molar-refractivity contribution in [2.75, 3.05) is 20.3 Å². The Morgan fingerprint density at radius 1 is 0.960 bits per heavy atom. The van der Waals surface area contributed by atoms with Crippen LogP contribution in [0.3, 0.4) is 0 Å². The standard InChI is InChI=1S/C21H23NO3/c1-24-19-11-9-16(10-12-19)13-22-14-18(23)15-25-21-8-4-6-17-5-2-3-7-20(17)21/h2-12,18,22-23H,13-15H2,1H3. The Labute approximate surface area is 148 Å². The largest absolute Gasteiger partial charge is 0.497 e. The van der Waals surface area contributed by atoms with Crippen molar-refractivity contribution in [2.45, 2.75) is 12.6 Å². The Kier molecular flexibility index (Phi) is 5.88. The van der Waals surface area contributed by atoms with Crippen molar-refractivity contribution in [3.8, 4) is 11.5 Å². The summed E-state index contributed by atoms with van der Waals surface area (Å²) in [6.45, 7) is 1.41. The van der Waals surface area contributed by atoms with Crippen LogP contribution < -0.4 is 14.8 Å². The third-order valence-corrected chi connectivity index (χ3v) is 4.05. The fraction of sp³-hybridized carbons (Fsp3) is 0.238. The van der Waals surface area contributed by atoms with Gasteiger partial charge in [0.15, 0.2) is 0 Å². The summed E-state index contributed by atoms with van der Waals surface area (Å²) in [5.74, 6) is 1.64. The van der Waals surface area contributed by atoms with Crippen LogP contribution in [0.2, 0.25) is 0 Å². The van der Waals surface area contributed by atoms with Crippen molar-refractivity contribution in [3.05, 3.63) is 72.3 Å². The summed E-state index contributed by atoms with van der Waals surface area (Å²) >= 11 is 0. The van der Waals surface area contributed by atoms with Gasteiger partial charge in [-0.1, -0.05) is 48.5 Å². The lowest BCUT2D eigenvalue weighted by molar-refractivity contribution is 0.107. The van der Waals surface area contributed by atoms with E-state index in [-0.39, 0.29) is 6.61 Å². The second kappa shape index (κ2) is 8.51. The third kappa shape index (κ3) is 4.72. The van der Waals surface area contributed by atoms with E-state index in [1.54, 1.807) is 7.11 Å². The maximum absolute atomic E-state index is 10.1. The fourth-order valence-electron chi connectivity index (χ4n) is 2.69. The zero-order valence-electron chi connectivity index (χ0n) is 14.3. The predicted molar refractivity (Wildman–Crippen MR) is 100 cm³/mol. The predicted octanol–water partition coefficient (Wildman–Crippen LogP) is 3.38. The first kappa shape index (κ1) is 17.3. The molecule has 0 fully saturated rings. The molecule has 0 heterocycles. The van der Waals surface area contributed by atoms with Gasteiger partial charge in [-0.05, 0) is 29.1 Å². The molecule has 25 heavy (non-hydrogen) atoms. The maximum atomic E-state index is 10.1. The second-order valence-electron chi connectivity index (χ2n) is 5.92. The van der Waals surface area contributed by atoms with E-state index in [1.807, 2.05) is 54.6 Å². The van der Waals surface area contributed by atoms with Crippen LogP contribution in [0.25, 0.3) is 10.8 Å². The van der Waals surface area contributed by atoms with Crippen LogP contribution >= 0.6 is 0 Å². The minimum absolute atomic E-state index is 0.254. The highest BCUT2D eigenvalue weighted by atomic mass is 16.5. The summed E-state index contributed by atoms with van der Waals surface area (Å²) in [4.78, 5) is 0. The van der Waals surface area contributed by atoms with Gasteiger partial charge in [0, 0.05) is 18.5 Å². The summed E-state index contributed by atoms with van der Waals surface area (Å²) in [5.41, 5.74) is 1.14. The smallest absolute Gasteiger partial charge is 0.127 e. The average molecular weight is 337 g/mol. The first-order valence-electron chi connectivity index (χ1n) is 8.38. The normalized spacial score (nSPS) is 12.1. The minimum Gasteiger partial charge on any atom is -0.497 e.